The molecule has 1 heterocycles. The summed E-state index contributed by atoms with van der Waals surface area (Å²) >= 11 is 0. The number of anilines is 1. The Morgan fingerprint density at radius 3 is 2.56 bits per heavy atom. The Morgan fingerprint density at radius 2 is 1.85 bits per heavy atom. The molecule has 1 amide bonds. The second-order valence-electron chi connectivity index (χ2n) is 5.42. The summed E-state index contributed by atoms with van der Waals surface area (Å²) in [5.74, 6) is -3.53. The predicted molar refractivity (Wildman–Crippen MR) is 88.1 cm³/mol. The maximum absolute atomic E-state index is 13.3. The zero-order valence-corrected chi connectivity index (χ0v) is 13.4. The molecule has 0 aromatic heterocycles. The van der Waals surface area contributed by atoms with E-state index in [2.05, 4.69) is 4.99 Å². The molecular weight excluding hydrogens is 368 g/mol. The normalized spacial score (nSPS) is 15.5. The predicted octanol–water partition coefficient (Wildman–Crippen LogP) is 3.67. The van der Waals surface area contributed by atoms with Crippen LogP contribution in [-0.2, 0) is 14.3 Å². The molecule has 0 saturated heterocycles. The van der Waals surface area contributed by atoms with Crippen molar-refractivity contribution in [3.05, 3.63) is 71.2 Å². The van der Waals surface area contributed by atoms with E-state index < -0.39 is 23.9 Å². The van der Waals surface area contributed by atoms with Crippen molar-refractivity contribution in [3.8, 4) is 0 Å². The van der Waals surface area contributed by atoms with Gasteiger partial charge in [-0.2, -0.15) is 13.2 Å². The molecule has 0 spiro atoms. The van der Waals surface area contributed by atoms with Gasteiger partial charge in [-0.3, -0.25) is 4.79 Å². The Morgan fingerprint density at radius 1 is 1.11 bits per heavy atom. The van der Waals surface area contributed by atoms with Gasteiger partial charge in [-0.05, 0) is 42.0 Å². The molecule has 3 rings (SSSR count). The number of carbonyl (C=O) groups is 2. The Hall–Kier alpha value is -3.49. The largest absolute Gasteiger partial charge is 0.471 e. The van der Waals surface area contributed by atoms with Crippen molar-refractivity contribution in [2.75, 3.05) is 5.32 Å². The molecule has 9 heteroatoms. The summed E-state index contributed by atoms with van der Waals surface area (Å²) in [5, 5.41) is 1.71. The molecule has 0 bridgehead atoms. The number of carbonyl (C=O) groups excluding carboxylic acids is 2. The molecule has 2 aromatic rings. The van der Waals surface area contributed by atoms with Gasteiger partial charge in [-0.15, -0.1) is 0 Å². The Kier molecular flexibility index (Phi) is 4.76. The fourth-order valence-electron chi connectivity index (χ4n) is 2.22. The number of hydrogen-bond acceptors (Lipinski definition) is 4. The number of alkyl halides is 3. The van der Waals surface area contributed by atoms with E-state index in [0.717, 1.165) is 6.07 Å². The summed E-state index contributed by atoms with van der Waals surface area (Å²) in [4.78, 5) is 26.9. The standard InChI is InChI=1S/C18H10F4N2O3/c19-12-5-2-4-11(9-12)15-24-14(16(25)27-15)8-10-3-1-6-13(7-10)23-17(26)18(20,21)22/h1-9H,(H,23,26)/b14-8+. The number of nitrogens with one attached hydrogen (secondary N) is 1. The van der Waals surface area contributed by atoms with Crippen molar-refractivity contribution < 1.29 is 31.9 Å². The SMILES string of the molecule is O=C1OC(c2cccc(F)c2)=N/C1=C/c1cccc(NC(=O)C(F)(F)F)c1. The molecular formula is C18H10F4N2O3. The van der Waals surface area contributed by atoms with Crippen LogP contribution in [0, 0.1) is 5.82 Å². The van der Waals surface area contributed by atoms with E-state index in [9.17, 15) is 27.2 Å². The molecule has 2 aromatic carbocycles. The van der Waals surface area contributed by atoms with Gasteiger partial charge in [0.15, 0.2) is 5.70 Å². The minimum Gasteiger partial charge on any atom is -0.402 e. The fraction of sp³-hybridized carbons (Fsp3) is 0.0556. The summed E-state index contributed by atoms with van der Waals surface area (Å²) < 4.78 is 55.2. The Labute approximate surface area is 150 Å². The highest BCUT2D eigenvalue weighted by Gasteiger charge is 2.38. The molecule has 0 radical (unpaired) electrons. The van der Waals surface area contributed by atoms with Crippen molar-refractivity contribution in [2.45, 2.75) is 6.18 Å². The second kappa shape index (κ2) is 7.02. The number of benzene rings is 2. The minimum absolute atomic E-state index is 0.0905. The molecule has 0 unspecified atom stereocenters. The highest BCUT2D eigenvalue weighted by atomic mass is 19.4. The molecule has 27 heavy (non-hydrogen) atoms. The first-order valence-electron chi connectivity index (χ1n) is 7.49. The van der Waals surface area contributed by atoms with Gasteiger partial charge in [0.1, 0.15) is 5.82 Å². The van der Waals surface area contributed by atoms with Crippen LogP contribution in [0.5, 0.6) is 0 Å². The fourth-order valence-corrected chi connectivity index (χ4v) is 2.22. The summed E-state index contributed by atoms with van der Waals surface area (Å²) in [5.41, 5.74) is 0.352. The van der Waals surface area contributed by atoms with Gasteiger partial charge >= 0.3 is 18.1 Å². The number of ether oxygens (including phenoxy) is 1. The van der Waals surface area contributed by atoms with E-state index in [-0.39, 0.29) is 22.8 Å². The highest BCUT2D eigenvalue weighted by molar-refractivity contribution is 6.12. The van der Waals surface area contributed by atoms with Crippen LogP contribution in [0.25, 0.3) is 6.08 Å². The average Bonchev–Trinajstić information content (AvgIpc) is 2.95. The van der Waals surface area contributed by atoms with Gasteiger partial charge in [0, 0.05) is 11.3 Å². The molecule has 1 N–H and O–H groups in total. The lowest BCUT2D eigenvalue weighted by Crippen LogP contribution is -2.29. The van der Waals surface area contributed by atoms with Gasteiger partial charge in [-0.1, -0.05) is 18.2 Å². The van der Waals surface area contributed by atoms with Crippen molar-refractivity contribution in [1.29, 1.82) is 0 Å². The minimum atomic E-state index is -5.02. The van der Waals surface area contributed by atoms with E-state index in [4.69, 9.17) is 4.74 Å². The highest BCUT2D eigenvalue weighted by Crippen LogP contribution is 2.22. The second-order valence-corrected chi connectivity index (χ2v) is 5.42. The van der Waals surface area contributed by atoms with Gasteiger partial charge in [-0.25, -0.2) is 14.2 Å². The number of aliphatic imine (C=N–C) groups is 1. The summed E-state index contributed by atoms with van der Waals surface area (Å²) in [6.07, 6.45) is -3.74. The first kappa shape index (κ1) is 18.3. The monoisotopic (exact) mass is 378 g/mol. The van der Waals surface area contributed by atoms with Gasteiger partial charge in [0.25, 0.3) is 0 Å². The molecule has 0 saturated carbocycles. The smallest absolute Gasteiger partial charge is 0.402 e. The van der Waals surface area contributed by atoms with Crippen LogP contribution in [0.4, 0.5) is 23.2 Å². The summed E-state index contributed by atoms with van der Waals surface area (Å²) in [7, 11) is 0. The lowest BCUT2D eigenvalue weighted by Gasteiger charge is -2.08. The third-order valence-electron chi connectivity index (χ3n) is 3.40. The number of halogens is 4. The van der Waals surface area contributed by atoms with E-state index in [1.165, 1.54) is 48.5 Å². The summed E-state index contributed by atoms with van der Waals surface area (Å²) in [6.45, 7) is 0. The first-order chi connectivity index (χ1) is 12.7. The third kappa shape index (κ3) is 4.38. The molecule has 1 aliphatic rings. The van der Waals surface area contributed by atoms with Crippen molar-refractivity contribution in [2.24, 2.45) is 4.99 Å². The van der Waals surface area contributed by atoms with Crippen LogP contribution in [-0.4, -0.2) is 24.0 Å². The van der Waals surface area contributed by atoms with Crippen LogP contribution in [0.3, 0.4) is 0 Å². The van der Waals surface area contributed by atoms with E-state index in [0.29, 0.717) is 5.56 Å². The zero-order valence-electron chi connectivity index (χ0n) is 13.4. The molecule has 138 valence electrons. The van der Waals surface area contributed by atoms with Crippen LogP contribution >= 0.6 is 0 Å². The van der Waals surface area contributed by atoms with E-state index in [1.807, 2.05) is 0 Å². The quantitative estimate of drug-likeness (QED) is 0.503. The van der Waals surface area contributed by atoms with Crippen LogP contribution in [0.1, 0.15) is 11.1 Å². The molecule has 0 fully saturated rings. The number of amides is 1. The van der Waals surface area contributed by atoms with Crippen LogP contribution < -0.4 is 5.32 Å². The lowest BCUT2D eigenvalue weighted by atomic mass is 10.1. The molecule has 5 nitrogen and oxygen atoms in total. The van der Waals surface area contributed by atoms with Gasteiger partial charge in [0.2, 0.25) is 5.90 Å². The third-order valence-corrected chi connectivity index (χ3v) is 3.40. The van der Waals surface area contributed by atoms with E-state index >= 15 is 0 Å². The maximum Gasteiger partial charge on any atom is 0.471 e. The molecule has 1 aliphatic heterocycles. The Balaban J connectivity index is 1.85. The summed E-state index contributed by atoms with van der Waals surface area (Å²) in [6, 6.07) is 10.7. The van der Waals surface area contributed by atoms with Crippen LogP contribution in [0.2, 0.25) is 0 Å². The zero-order chi connectivity index (χ0) is 19.6. The lowest BCUT2D eigenvalue weighted by molar-refractivity contribution is -0.167. The number of rotatable bonds is 3. The topological polar surface area (TPSA) is 67.8 Å². The first-order valence-corrected chi connectivity index (χ1v) is 7.49. The Bertz CT molecular complexity index is 981. The number of hydrogen-bond donors (Lipinski definition) is 1. The van der Waals surface area contributed by atoms with Crippen molar-refractivity contribution in [1.82, 2.24) is 0 Å². The van der Waals surface area contributed by atoms with Gasteiger partial charge in [0.05, 0.1) is 0 Å². The van der Waals surface area contributed by atoms with Crippen LogP contribution in [0.15, 0.2) is 59.2 Å². The number of cyclic esters (lactones) is 1. The van der Waals surface area contributed by atoms with Crippen molar-refractivity contribution in [3.63, 3.8) is 0 Å². The molecule has 0 aliphatic carbocycles. The number of esters is 1. The van der Waals surface area contributed by atoms with Crippen molar-refractivity contribution >= 4 is 29.5 Å². The molecule has 0 atom stereocenters. The average molecular weight is 378 g/mol. The number of nitrogens with zero attached hydrogens (tertiary/aromatic N) is 1. The van der Waals surface area contributed by atoms with Gasteiger partial charge < -0.3 is 10.1 Å². The van der Waals surface area contributed by atoms with E-state index in [1.54, 1.807) is 5.32 Å². The maximum atomic E-state index is 13.3.